The van der Waals surface area contributed by atoms with Crippen LogP contribution < -0.4 is 10.0 Å². The Balaban J connectivity index is 1.74. The summed E-state index contributed by atoms with van der Waals surface area (Å²) >= 11 is 3.51. The molecule has 3 nitrogen and oxygen atoms in total. The first kappa shape index (κ1) is 16.7. The Bertz CT molecular complexity index is 825. The molecule has 1 heterocycles. The third-order valence-electron chi connectivity index (χ3n) is 5.25. The van der Waals surface area contributed by atoms with Crippen LogP contribution in [0.3, 0.4) is 0 Å². The second-order valence-electron chi connectivity index (χ2n) is 6.97. The molecule has 2 aromatic rings. The molecule has 1 N–H and O–H groups in total. The van der Waals surface area contributed by atoms with E-state index in [4.69, 9.17) is 0 Å². The van der Waals surface area contributed by atoms with Gasteiger partial charge >= 0.3 is 0 Å². The largest absolute Gasteiger partial charge is 0.392 e. The number of aliphatic hydroxyl groups excluding tert-OH is 1. The lowest BCUT2D eigenvalue weighted by atomic mass is 9.94. The highest BCUT2D eigenvalue weighted by Crippen LogP contribution is 2.46. The van der Waals surface area contributed by atoms with Crippen LogP contribution >= 0.6 is 15.9 Å². The lowest BCUT2D eigenvalue weighted by molar-refractivity contribution is 0.343. The van der Waals surface area contributed by atoms with Gasteiger partial charge < -0.3 is 5.11 Å². The van der Waals surface area contributed by atoms with E-state index in [0.717, 1.165) is 11.0 Å². The summed E-state index contributed by atoms with van der Waals surface area (Å²) in [6, 6.07) is 13.2. The summed E-state index contributed by atoms with van der Waals surface area (Å²) in [6.07, 6.45) is 4.48. The van der Waals surface area contributed by atoms with E-state index in [-0.39, 0.29) is 6.61 Å². The summed E-state index contributed by atoms with van der Waals surface area (Å²) in [5.41, 5.74) is 7.74. The summed E-state index contributed by atoms with van der Waals surface area (Å²) in [6.45, 7) is 3.09. The predicted octanol–water partition coefficient (Wildman–Crippen LogP) is 5.09. The third-order valence-corrected chi connectivity index (χ3v) is 5.77. The molecule has 4 rings (SSSR count). The van der Waals surface area contributed by atoms with Gasteiger partial charge in [0.1, 0.15) is 0 Å². The Morgan fingerprint density at radius 1 is 1.24 bits per heavy atom. The standard InChI is InChI=1S/C21H23BrN2O/c1-14(9-10-25)19-12-21-16(11-20(19)15-3-4-15)13-24(23(21)2)18-7-5-17(22)6-8-18/h5-9,11-12,15,25H,3-4,10,13H2,1-2H3/b14-9-. The minimum Gasteiger partial charge on any atom is -0.392 e. The van der Waals surface area contributed by atoms with Gasteiger partial charge in [-0.15, -0.1) is 0 Å². The van der Waals surface area contributed by atoms with Crippen molar-refractivity contribution in [3.8, 4) is 0 Å². The van der Waals surface area contributed by atoms with Crippen LogP contribution in [0.2, 0.25) is 0 Å². The van der Waals surface area contributed by atoms with Crippen LogP contribution in [0.25, 0.3) is 5.57 Å². The first-order valence-corrected chi connectivity index (χ1v) is 9.59. The first-order valence-electron chi connectivity index (χ1n) is 8.80. The van der Waals surface area contributed by atoms with Crippen molar-refractivity contribution < 1.29 is 5.11 Å². The number of aliphatic hydroxyl groups is 1. The van der Waals surface area contributed by atoms with Crippen LogP contribution in [0.4, 0.5) is 11.4 Å². The van der Waals surface area contributed by atoms with Gasteiger partial charge in [-0.1, -0.05) is 28.1 Å². The summed E-state index contributed by atoms with van der Waals surface area (Å²) in [7, 11) is 2.12. The van der Waals surface area contributed by atoms with E-state index >= 15 is 0 Å². The zero-order valence-electron chi connectivity index (χ0n) is 14.7. The average molecular weight is 399 g/mol. The number of anilines is 2. The monoisotopic (exact) mass is 398 g/mol. The lowest BCUT2D eigenvalue weighted by Gasteiger charge is -2.28. The number of fused-ring (bicyclic) bond motifs is 1. The molecule has 1 fully saturated rings. The van der Waals surface area contributed by atoms with Gasteiger partial charge in [0.25, 0.3) is 0 Å². The fraction of sp³-hybridized carbons (Fsp3) is 0.333. The summed E-state index contributed by atoms with van der Waals surface area (Å²) < 4.78 is 1.10. The van der Waals surface area contributed by atoms with Gasteiger partial charge in [0, 0.05) is 11.5 Å². The van der Waals surface area contributed by atoms with Crippen molar-refractivity contribution in [2.45, 2.75) is 32.2 Å². The Morgan fingerprint density at radius 2 is 1.96 bits per heavy atom. The van der Waals surface area contributed by atoms with Crippen molar-refractivity contribution in [1.82, 2.24) is 0 Å². The van der Waals surface area contributed by atoms with E-state index < -0.39 is 0 Å². The van der Waals surface area contributed by atoms with E-state index in [0.29, 0.717) is 5.92 Å². The first-order chi connectivity index (χ1) is 12.1. The normalized spacial score (nSPS) is 17.2. The Morgan fingerprint density at radius 3 is 2.60 bits per heavy atom. The molecule has 0 unspecified atom stereocenters. The predicted molar refractivity (Wildman–Crippen MR) is 108 cm³/mol. The third kappa shape index (κ3) is 3.09. The van der Waals surface area contributed by atoms with Crippen LogP contribution in [0.5, 0.6) is 0 Å². The minimum atomic E-state index is 0.0912. The molecule has 0 spiro atoms. The fourth-order valence-corrected chi connectivity index (χ4v) is 3.94. The number of rotatable bonds is 4. The lowest BCUT2D eigenvalue weighted by Crippen LogP contribution is -2.33. The zero-order chi connectivity index (χ0) is 17.6. The van der Waals surface area contributed by atoms with Crippen molar-refractivity contribution in [2.75, 3.05) is 23.7 Å². The van der Waals surface area contributed by atoms with Gasteiger partial charge in [0.15, 0.2) is 0 Å². The highest BCUT2D eigenvalue weighted by Gasteiger charge is 2.31. The van der Waals surface area contributed by atoms with Crippen molar-refractivity contribution in [1.29, 1.82) is 0 Å². The summed E-state index contributed by atoms with van der Waals surface area (Å²) in [5.74, 6) is 0.689. The van der Waals surface area contributed by atoms with E-state index in [9.17, 15) is 5.11 Å². The van der Waals surface area contributed by atoms with Crippen molar-refractivity contribution in [2.24, 2.45) is 0 Å². The SMILES string of the molecule is C/C(=C/CO)c1cc2c(cc1C1CC1)CN(c1ccc(Br)cc1)N2C. The van der Waals surface area contributed by atoms with Crippen LogP contribution in [0.15, 0.2) is 46.9 Å². The summed E-state index contributed by atoms with van der Waals surface area (Å²) in [4.78, 5) is 0. The molecule has 4 heteroatoms. The van der Waals surface area contributed by atoms with Crippen molar-refractivity contribution >= 4 is 32.9 Å². The van der Waals surface area contributed by atoms with Gasteiger partial charge in [-0.2, -0.15) is 0 Å². The number of hydrogen-bond donors (Lipinski definition) is 1. The smallest absolute Gasteiger partial charge is 0.0667 e. The van der Waals surface area contributed by atoms with Gasteiger partial charge in [-0.3, -0.25) is 10.0 Å². The molecule has 0 atom stereocenters. The van der Waals surface area contributed by atoms with Crippen LogP contribution in [0, 0.1) is 0 Å². The maximum atomic E-state index is 9.30. The van der Waals surface area contributed by atoms with E-state index in [1.165, 1.54) is 46.5 Å². The molecule has 2 aliphatic rings. The number of benzene rings is 2. The maximum Gasteiger partial charge on any atom is 0.0667 e. The molecule has 0 saturated heterocycles. The Labute approximate surface area is 157 Å². The van der Waals surface area contributed by atoms with Gasteiger partial charge in [0.05, 0.1) is 24.5 Å². The van der Waals surface area contributed by atoms with Crippen molar-refractivity contribution in [3.63, 3.8) is 0 Å². The molecular formula is C21H23BrN2O. The maximum absolute atomic E-state index is 9.30. The Hall–Kier alpha value is -1.78. The van der Waals surface area contributed by atoms with Crippen LogP contribution in [-0.2, 0) is 6.54 Å². The average Bonchev–Trinajstić information content (AvgIpc) is 3.40. The molecular weight excluding hydrogens is 376 g/mol. The van der Waals surface area contributed by atoms with E-state index in [1.807, 2.05) is 6.08 Å². The number of hydrogen-bond acceptors (Lipinski definition) is 3. The molecule has 25 heavy (non-hydrogen) atoms. The number of hydrazine groups is 1. The molecule has 130 valence electrons. The van der Waals surface area contributed by atoms with Crippen molar-refractivity contribution in [3.05, 3.63) is 63.6 Å². The number of allylic oxidation sites excluding steroid dienone is 1. The molecule has 0 bridgehead atoms. The molecule has 1 aliphatic carbocycles. The summed E-state index contributed by atoms with van der Waals surface area (Å²) in [5, 5.41) is 13.9. The van der Waals surface area contributed by atoms with E-state index in [2.05, 4.69) is 76.3 Å². The van der Waals surface area contributed by atoms with Crippen LogP contribution in [0.1, 0.15) is 42.4 Å². The molecule has 1 aliphatic heterocycles. The fourth-order valence-electron chi connectivity index (χ4n) is 3.68. The highest BCUT2D eigenvalue weighted by molar-refractivity contribution is 9.10. The van der Waals surface area contributed by atoms with Gasteiger partial charge in [0.2, 0.25) is 0 Å². The van der Waals surface area contributed by atoms with Crippen LogP contribution in [-0.4, -0.2) is 18.8 Å². The number of halogens is 1. The topological polar surface area (TPSA) is 26.7 Å². The minimum absolute atomic E-state index is 0.0912. The van der Waals surface area contributed by atoms with Gasteiger partial charge in [-0.25, -0.2) is 0 Å². The Kier molecular flexibility index (Phi) is 4.34. The zero-order valence-corrected chi connectivity index (χ0v) is 16.3. The molecule has 1 saturated carbocycles. The number of nitrogens with zero attached hydrogens (tertiary/aromatic N) is 2. The van der Waals surface area contributed by atoms with E-state index in [1.54, 1.807) is 0 Å². The quantitative estimate of drug-likeness (QED) is 0.776. The molecule has 0 amide bonds. The molecule has 2 aromatic carbocycles. The van der Waals surface area contributed by atoms with Gasteiger partial charge in [-0.05, 0) is 78.3 Å². The second kappa shape index (κ2) is 6.50. The molecule has 0 aromatic heterocycles. The highest BCUT2D eigenvalue weighted by atomic mass is 79.9. The molecule has 0 radical (unpaired) electrons. The second-order valence-corrected chi connectivity index (χ2v) is 7.89.